The number of methoxy groups -OCH3 is 1. The van der Waals surface area contributed by atoms with Crippen molar-refractivity contribution in [3.63, 3.8) is 0 Å². The van der Waals surface area contributed by atoms with E-state index in [0.29, 0.717) is 56.4 Å². The van der Waals surface area contributed by atoms with Crippen LogP contribution in [0.3, 0.4) is 0 Å². The topological polar surface area (TPSA) is 121 Å². The maximum atomic E-state index is 13.5. The van der Waals surface area contributed by atoms with Crippen LogP contribution in [-0.2, 0) is 11.3 Å². The average molecular weight is 589 g/mol. The number of likely N-dealkylation sites (tertiary alicyclic amines) is 1. The van der Waals surface area contributed by atoms with Gasteiger partial charge in [-0.15, -0.1) is 0 Å². The number of aromatic nitrogens is 3. The number of hydrogen-bond acceptors (Lipinski definition) is 8. The average Bonchev–Trinajstić information content (AvgIpc) is 3.60. The number of thiazole rings is 1. The summed E-state index contributed by atoms with van der Waals surface area (Å²) in [4.78, 5) is 42.0. The third-order valence-corrected chi connectivity index (χ3v) is 8.37. The predicted molar refractivity (Wildman–Crippen MR) is 166 cm³/mol. The fourth-order valence-electron chi connectivity index (χ4n) is 5.34. The van der Waals surface area contributed by atoms with E-state index in [-0.39, 0.29) is 11.8 Å². The van der Waals surface area contributed by atoms with E-state index in [1.165, 1.54) is 17.5 Å². The Labute approximate surface area is 252 Å². The normalized spacial score (nSPS) is 12.9. The van der Waals surface area contributed by atoms with Crippen LogP contribution in [0.5, 0.6) is 5.75 Å². The second-order valence-corrected chi connectivity index (χ2v) is 11.4. The molecule has 0 radical (unpaired) electrons. The molecule has 1 saturated heterocycles. The van der Waals surface area contributed by atoms with Gasteiger partial charge in [0, 0.05) is 48.1 Å². The lowest BCUT2D eigenvalue weighted by molar-refractivity contribution is -0.128. The molecule has 9 nitrogen and oxygen atoms in total. The zero-order valence-electron chi connectivity index (χ0n) is 24.0. The number of ether oxygens (including phenoxy) is 1. The number of hydrogen-bond donors (Lipinski definition) is 1. The van der Waals surface area contributed by atoms with Gasteiger partial charge < -0.3 is 9.64 Å². The molecular formula is C33H28N6O3S. The number of carbonyl (C=O) groups is 2. The number of carbonyl (C=O) groups excluding carboxylic acids is 2. The van der Waals surface area contributed by atoms with Gasteiger partial charge >= 0.3 is 0 Å². The van der Waals surface area contributed by atoms with Crippen molar-refractivity contribution in [1.29, 1.82) is 5.26 Å². The molecule has 0 saturated carbocycles. The summed E-state index contributed by atoms with van der Waals surface area (Å²) < 4.78 is 5.53. The van der Waals surface area contributed by atoms with Crippen molar-refractivity contribution in [2.24, 2.45) is 0 Å². The molecule has 1 N–H and O–H groups in total. The minimum Gasteiger partial charge on any atom is -0.496 e. The zero-order valence-corrected chi connectivity index (χ0v) is 24.8. The first-order valence-electron chi connectivity index (χ1n) is 13.8. The quantitative estimate of drug-likeness (QED) is 0.237. The van der Waals surface area contributed by atoms with Crippen LogP contribution in [0.2, 0.25) is 0 Å². The Bertz CT molecular complexity index is 1940. The second-order valence-electron chi connectivity index (χ2n) is 10.5. The van der Waals surface area contributed by atoms with Crippen molar-refractivity contribution in [1.82, 2.24) is 19.9 Å². The molecule has 0 unspecified atom stereocenters. The van der Waals surface area contributed by atoms with Gasteiger partial charge in [-0.1, -0.05) is 29.5 Å². The Kier molecular flexibility index (Phi) is 7.57. The summed E-state index contributed by atoms with van der Waals surface area (Å²) in [5, 5.41) is 12.8. The first-order chi connectivity index (χ1) is 20.8. The Morgan fingerprint density at radius 2 is 1.93 bits per heavy atom. The summed E-state index contributed by atoms with van der Waals surface area (Å²) in [6, 6.07) is 19.1. The highest BCUT2D eigenvalue weighted by Crippen LogP contribution is 2.35. The van der Waals surface area contributed by atoms with Gasteiger partial charge in [-0.25, -0.2) is 9.97 Å². The van der Waals surface area contributed by atoms with Crippen molar-refractivity contribution in [3.8, 4) is 34.2 Å². The van der Waals surface area contributed by atoms with Crippen LogP contribution in [0.25, 0.3) is 32.7 Å². The smallest absolute Gasteiger partial charge is 0.259 e. The molecule has 0 atom stereocenters. The molecule has 43 heavy (non-hydrogen) atoms. The van der Waals surface area contributed by atoms with E-state index < -0.39 is 0 Å². The number of rotatable bonds is 7. The number of fused-ring (bicyclic) bond motifs is 1. The molecule has 0 aliphatic carbocycles. The third-order valence-electron chi connectivity index (χ3n) is 7.49. The fourth-order valence-corrected chi connectivity index (χ4v) is 6.17. The van der Waals surface area contributed by atoms with Gasteiger partial charge in [-0.05, 0) is 67.8 Å². The monoisotopic (exact) mass is 588 g/mol. The van der Waals surface area contributed by atoms with Crippen LogP contribution in [0.1, 0.15) is 45.6 Å². The number of benzene rings is 2. The minimum absolute atomic E-state index is 0.213. The number of nitrogens with one attached hydrogen (secondary N) is 1. The van der Waals surface area contributed by atoms with Gasteiger partial charge in [0.05, 0.1) is 30.0 Å². The minimum atomic E-state index is -0.380. The summed E-state index contributed by atoms with van der Waals surface area (Å²) in [6.45, 7) is 5.32. The van der Waals surface area contributed by atoms with E-state index >= 15 is 0 Å². The number of pyridine rings is 2. The lowest BCUT2D eigenvalue weighted by Gasteiger charge is -2.16. The highest BCUT2D eigenvalue weighted by atomic mass is 32.1. The SMILES string of the molecule is COc1ccc(C#N)cc1-c1cc(C)ncc1C(=O)Nc1nc2ccc(-c3ccc(CN4CCCC4=O)cc3C)nc2s1. The van der Waals surface area contributed by atoms with Gasteiger partial charge in [0.15, 0.2) is 5.13 Å². The highest BCUT2D eigenvalue weighted by Gasteiger charge is 2.21. The molecule has 10 heteroatoms. The molecule has 1 aliphatic heterocycles. The van der Waals surface area contributed by atoms with E-state index in [0.717, 1.165) is 41.0 Å². The zero-order chi connectivity index (χ0) is 30.1. The fraction of sp³-hybridized carbons (Fsp3) is 0.212. The molecule has 5 aromatic rings. The molecule has 1 fully saturated rings. The van der Waals surface area contributed by atoms with Gasteiger partial charge in [0.2, 0.25) is 5.91 Å². The maximum Gasteiger partial charge on any atom is 0.259 e. The molecule has 2 aromatic carbocycles. The molecule has 0 bridgehead atoms. The second kappa shape index (κ2) is 11.6. The van der Waals surface area contributed by atoms with Gasteiger partial charge in [0.25, 0.3) is 5.91 Å². The summed E-state index contributed by atoms with van der Waals surface area (Å²) in [7, 11) is 1.55. The van der Waals surface area contributed by atoms with Gasteiger partial charge in [0.1, 0.15) is 16.1 Å². The number of amides is 2. The Morgan fingerprint density at radius 3 is 2.67 bits per heavy atom. The summed E-state index contributed by atoms with van der Waals surface area (Å²) in [5.74, 6) is 0.377. The number of anilines is 1. The predicted octanol–water partition coefficient (Wildman–Crippen LogP) is 6.29. The van der Waals surface area contributed by atoms with Crippen LogP contribution in [0.4, 0.5) is 5.13 Å². The number of aryl methyl sites for hydroxylation is 2. The molecule has 2 amide bonds. The first kappa shape index (κ1) is 28.0. The van der Waals surface area contributed by atoms with Crippen LogP contribution >= 0.6 is 11.3 Å². The third kappa shape index (κ3) is 5.67. The van der Waals surface area contributed by atoms with E-state index in [9.17, 15) is 14.9 Å². The highest BCUT2D eigenvalue weighted by molar-refractivity contribution is 7.22. The van der Waals surface area contributed by atoms with E-state index in [2.05, 4.69) is 27.4 Å². The lowest BCUT2D eigenvalue weighted by Crippen LogP contribution is -2.23. The van der Waals surface area contributed by atoms with Crippen LogP contribution < -0.4 is 10.1 Å². The summed E-state index contributed by atoms with van der Waals surface area (Å²) in [6.07, 6.45) is 3.08. The number of nitriles is 1. The molecule has 1 aliphatic rings. The van der Waals surface area contributed by atoms with Crippen molar-refractivity contribution in [2.45, 2.75) is 33.2 Å². The van der Waals surface area contributed by atoms with E-state index in [4.69, 9.17) is 9.72 Å². The van der Waals surface area contributed by atoms with Crippen molar-refractivity contribution < 1.29 is 14.3 Å². The van der Waals surface area contributed by atoms with E-state index in [1.54, 1.807) is 31.4 Å². The lowest BCUT2D eigenvalue weighted by atomic mass is 9.97. The van der Waals surface area contributed by atoms with Crippen LogP contribution in [-0.4, -0.2) is 45.3 Å². The maximum absolute atomic E-state index is 13.5. The molecule has 214 valence electrons. The largest absolute Gasteiger partial charge is 0.496 e. The van der Waals surface area contributed by atoms with Gasteiger partial charge in [-0.2, -0.15) is 5.26 Å². The summed E-state index contributed by atoms with van der Waals surface area (Å²) in [5.41, 5.74) is 7.40. The molecule has 3 aromatic heterocycles. The van der Waals surface area contributed by atoms with Crippen LogP contribution in [0, 0.1) is 25.2 Å². The van der Waals surface area contributed by atoms with Crippen molar-refractivity contribution >= 4 is 38.6 Å². The first-order valence-corrected chi connectivity index (χ1v) is 14.7. The Balaban J connectivity index is 1.26. The summed E-state index contributed by atoms with van der Waals surface area (Å²) >= 11 is 1.29. The molecular weight excluding hydrogens is 560 g/mol. The molecule has 4 heterocycles. The standard InChI is InChI=1S/C33H28N6O3S/c1-19-13-22(18-39-12-4-5-30(39)40)6-8-23(19)27-9-10-28-32(36-27)43-33(37-28)38-31(41)26-17-35-20(2)14-24(26)25-15-21(16-34)7-11-29(25)42-3/h6-11,13-15,17H,4-5,12,18H2,1-3H3,(H,37,38,41). The van der Waals surface area contributed by atoms with Gasteiger partial charge in [-0.3, -0.25) is 19.9 Å². The number of nitrogens with zero attached hydrogens (tertiary/aromatic N) is 5. The molecule has 6 rings (SSSR count). The Hall–Kier alpha value is -5.14. The van der Waals surface area contributed by atoms with E-state index in [1.807, 2.05) is 43.0 Å². The van der Waals surface area contributed by atoms with Crippen molar-refractivity contribution in [2.75, 3.05) is 19.0 Å². The van der Waals surface area contributed by atoms with Crippen LogP contribution in [0.15, 0.2) is 60.8 Å². The van der Waals surface area contributed by atoms with Crippen molar-refractivity contribution in [3.05, 3.63) is 88.7 Å². The molecule has 0 spiro atoms. The Morgan fingerprint density at radius 1 is 1.07 bits per heavy atom.